The Kier molecular flexibility index (Phi) is 5.87. The molecule has 0 bridgehead atoms. The Morgan fingerprint density at radius 3 is 2.80 bits per heavy atom. The molecular formula is C22H27NO2. The zero-order chi connectivity index (χ0) is 17.6. The number of aliphatic hydroxyl groups is 1. The number of carbonyl (C=O) groups excluding carboxylic acids is 1. The van der Waals surface area contributed by atoms with Crippen molar-refractivity contribution in [2.45, 2.75) is 39.0 Å². The summed E-state index contributed by atoms with van der Waals surface area (Å²) in [7, 11) is 0. The molecule has 0 saturated heterocycles. The third-order valence-electron chi connectivity index (χ3n) is 5.00. The Hall–Kier alpha value is -2.13. The second kappa shape index (κ2) is 8.30. The van der Waals surface area contributed by atoms with E-state index in [1.807, 2.05) is 6.92 Å². The van der Waals surface area contributed by atoms with Gasteiger partial charge in [-0.05, 0) is 59.4 Å². The molecule has 0 spiro atoms. The molecule has 3 heteroatoms. The normalized spacial score (nSPS) is 13.2. The number of aliphatic hydroxyl groups excluding tert-OH is 1. The molecule has 3 rings (SSSR count). The van der Waals surface area contributed by atoms with E-state index >= 15 is 0 Å². The molecule has 0 heterocycles. The van der Waals surface area contributed by atoms with Crippen molar-refractivity contribution < 1.29 is 9.90 Å². The number of amides is 1. The second-order valence-electron chi connectivity index (χ2n) is 7.10. The van der Waals surface area contributed by atoms with E-state index in [0.29, 0.717) is 18.9 Å². The van der Waals surface area contributed by atoms with Crippen LogP contribution in [0.5, 0.6) is 0 Å². The van der Waals surface area contributed by atoms with Gasteiger partial charge in [-0.15, -0.1) is 0 Å². The van der Waals surface area contributed by atoms with Gasteiger partial charge in [-0.3, -0.25) is 4.79 Å². The molecule has 0 saturated carbocycles. The van der Waals surface area contributed by atoms with Gasteiger partial charge in [0.15, 0.2) is 0 Å². The maximum Gasteiger partial charge on any atom is 0.220 e. The van der Waals surface area contributed by atoms with E-state index in [1.165, 1.54) is 27.8 Å². The predicted molar refractivity (Wildman–Crippen MR) is 101 cm³/mol. The first kappa shape index (κ1) is 17.7. The van der Waals surface area contributed by atoms with Crippen LogP contribution in [-0.4, -0.2) is 24.2 Å². The number of nitrogens with one attached hydrogen (secondary N) is 1. The van der Waals surface area contributed by atoms with E-state index in [0.717, 1.165) is 25.7 Å². The van der Waals surface area contributed by atoms with E-state index in [1.54, 1.807) is 0 Å². The smallest absolute Gasteiger partial charge is 0.220 e. The lowest BCUT2D eigenvalue weighted by Gasteiger charge is -2.11. The highest BCUT2D eigenvalue weighted by molar-refractivity contribution is 5.77. The largest absolute Gasteiger partial charge is 0.396 e. The Morgan fingerprint density at radius 2 is 1.96 bits per heavy atom. The van der Waals surface area contributed by atoms with Crippen molar-refractivity contribution in [1.82, 2.24) is 5.32 Å². The zero-order valence-corrected chi connectivity index (χ0v) is 14.9. The molecule has 1 unspecified atom stereocenters. The number of hydrogen-bond donors (Lipinski definition) is 2. The Morgan fingerprint density at radius 1 is 1.16 bits per heavy atom. The number of carbonyl (C=O) groups is 1. The molecule has 2 aromatic rings. The highest BCUT2D eigenvalue weighted by Gasteiger charge is 2.17. The minimum absolute atomic E-state index is 0.108. The maximum atomic E-state index is 11.9. The van der Waals surface area contributed by atoms with Crippen LogP contribution in [0.15, 0.2) is 42.5 Å². The summed E-state index contributed by atoms with van der Waals surface area (Å²) in [5.74, 6) is 0.432. The summed E-state index contributed by atoms with van der Waals surface area (Å²) < 4.78 is 0. The van der Waals surface area contributed by atoms with Gasteiger partial charge in [-0.2, -0.15) is 0 Å². The van der Waals surface area contributed by atoms with Crippen molar-refractivity contribution in [1.29, 1.82) is 0 Å². The van der Waals surface area contributed by atoms with E-state index < -0.39 is 0 Å². The topological polar surface area (TPSA) is 49.3 Å². The van der Waals surface area contributed by atoms with Crippen LogP contribution in [0.25, 0.3) is 11.1 Å². The van der Waals surface area contributed by atoms with Gasteiger partial charge in [0.25, 0.3) is 0 Å². The molecular weight excluding hydrogens is 310 g/mol. The lowest BCUT2D eigenvalue weighted by molar-refractivity contribution is -0.121. The van der Waals surface area contributed by atoms with Crippen LogP contribution in [0.1, 0.15) is 42.9 Å². The first-order chi connectivity index (χ1) is 12.2. The van der Waals surface area contributed by atoms with Crippen LogP contribution in [0, 0.1) is 5.92 Å². The molecule has 0 aromatic heterocycles. The lowest BCUT2D eigenvalue weighted by Crippen LogP contribution is -2.28. The molecule has 1 amide bonds. The van der Waals surface area contributed by atoms with Gasteiger partial charge in [-0.25, -0.2) is 0 Å². The minimum atomic E-state index is 0.108. The summed E-state index contributed by atoms with van der Waals surface area (Å²) in [5.41, 5.74) is 6.83. The van der Waals surface area contributed by atoms with Crippen LogP contribution in [0.4, 0.5) is 0 Å². The lowest BCUT2D eigenvalue weighted by atomic mass is 10.00. The van der Waals surface area contributed by atoms with Crippen molar-refractivity contribution in [3.05, 3.63) is 59.2 Å². The molecule has 2 N–H and O–H groups in total. The maximum absolute atomic E-state index is 11.9. The fourth-order valence-corrected chi connectivity index (χ4v) is 3.48. The molecule has 132 valence electrons. The van der Waals surface area contributed by atoms with Gasteiger partial charge in [0.1, 0.15) is 0 Å². The summed E-state index contributed by atoms with van der Waals surface area (Å²) in [4.78, 5) is 11.9. The van der Waals surface area contributed by atoms with Crippen molar-refractivity contribution in [3.8, 4) is 11.1 Å². The van der Waals surface area contributed by atoms with E-state index in [9.17, 15) is 4.79 Å². The third-order valence-corrected chi connectivity index (χ3v) is 5.00. The number of rotatable bonds is 8. The van der Waals surface area contributed by atoms with Crippen molar-refractivity contribution in [3.63, 3.8) is 0 Å². The Bertz CT molecular complexity index is 739. The van der Waals surface area contributed by atoms with Crippen molar-refractivity contribution in [2.24, 2.45) is 5.92 Å². The summed E-state index contributed by atoms with van der Waals surface area (Å²) in [6, 6.07) is 15.3. The quantitative estimate of drug-likeness (QED) is 0.658. The van der Waals surface area contributed by atoms with E-state index in [-0.39, 0.29) is 12.5 Å². The van der Waals surface area contributed by atoms with Gasteiger partial charge < -0.3 is 10.4 Å². The third kappa shape index (κ3) is 4.49. The molecule has 25 heavy (non-hydrogen) atoms. The average molecular weight is 337 g/mol. The summed E-state index contributed by atoms with van der Waals surface area (Å²) in [5, 5.41) is 11.8. The molecule has 0 aliphatic heterocycles. The number of fused-ring (bicyclic) bond motifs is 3. The van der Waals surface area contributed by atoms with Crippen LogP contribution in [0.2, 0.25) is 0 Å². The molecule has 1 aliphatic carbocycles. The number of benzene rings is 2. The molecule has 1 atom stereocenters. The first-order valence-corrected chi connectivity index (χ1v) is 9.25. The minimum Gasteiger partial charge on any atom is -0.396 e. The standard InChI is InChI=1S/C22H27NO2/c1-16(11-12-24)15-23-22(25)8-4-5-17-9-10-19-14-18-6-2-3-7-20(18)21(19)13-17/h2-3,6-7,9-10,13,16,24H,4-5,8,11-12,14-15H2,1H3,(H,23,25). The van der Waals surface area contributed by atoms with Gasteiger partial charge in [0.05, 0.1) is 0 Å². The van der Waals surface area contributed by atoms with Crippen LogP contribution in [0.3, 0.4) is 0 Å². The van der Waals surface area contributed by atoms with Gasteiger partial charge >= 0.3 is 0 Å². The van der Waals surface area contributed by atoms with Crippen LogP contribution < -0.4 is 5.32 Å². The summed E-state index contributed by atoms with van der Waals surface area (Å²) >= 11 is 0. The van der Waals surface area contributed by atoms with E-state index in [4.69, 9.17) is 5.11 Å². The molecule has 2 aromatic carbocycles. The number of hydrogen-bond acceptors (Lipinski definition) is 2. The van der Waals surface area contributed by atoms with Crippen LogP contribution in [-0.2, 0) is 17.6 Å². The second-order valence-corrected chi connectivity index (χ2v) is 7.10. The fraction of sp³-hybridized carbons (Fsp3) is 0.409. The summed E-state index contributed by atoms with van der Waals surface area (Å²) in [6.07, 6.45) is 4.10. The van der Waals surface area contributed by atoms with Crippen LogP contribution >= 0.6 is 0 Å². The van der Waals surface area contributed by atoms with Gasteiger partial charge in [-0.1, -0.05) is 49.4 Å². The Labute approximate surface area is 150 Å². The Balaban J connectivity index is 1.50. The van der Waals surface area contributed by atoms with E-state index in [2.05, 4.69) is 47.8 Å². The molecule has 0 fully saturated rings. The highest BCUT2D eigenvalue weighted by Crippen LogP contribution is 2.36. The zero-order valence-electron chi connectivity index (χ0n) is 14.9. The summed E-state index contributed by atoms with van der Waals surface area (Å²) in [6.45, 7) is 2.87. The average Bonchev–Trinajstić information content (AvgIpc) is 2.98. The van der Waals surface area contributed by atoms with Gasteiger partial charge in [0.2, 0.25) is 5.91 Å². The van der Waals surface area contributed by atoms with Crippen molar-refractivity contribution >= 4 is 5.91 Å². The fourth-order valence-electron chi connectivity index (χ4n) is 3.48. The molecule has 1 aliphatic rings. The van der Waals surface area contributed by atoms with Crippen molar-refractivity contribution in [2.75, 3.05) is 13.2 Å². The first-order valence-electron chi connectivity index (χ1n) is 9.25. The monoisotopic (exact) mass is 337 g/mol. The number of aryl methyl sites for hydroxylation is 1. The predicted octanol–water partition coefficient (Wildman–Crippen LogP) is 3.72. The molecule has 3 nitrogen and oxygen atoms in total. The van der Waals surface area contributed by atoms with Gasteiger partial charge in [0, 0.05) is 19.6 Å². The SMILES string of the molecule is CC(CCO)CNC(=O)CCCc1ccc2c(c1)-c1ccccc1C2. The highest BCUT2D eigenvalue weighted by atomic mass is 16.3. The molecule has 0 radical (unpaired) electrons.